The lowest BCUT2D eigenvalue weighted by molar-refractivity contribution is -0.123. The number of hydrogen-bond acceptors (Lipinski definition) is 5. The van der Waals surface area contributed by atoms with Gasteiger partial charge in [0.1, 0.15) is 5.75 Å². The third-order valence-corrected chi connectivity index (χ3v) is 5.40. The van der Waals surface area contributed by atoms with Crippen LogP contribution in [0.1, 0.15) is 11.1 Å². The number of nitrogens with zero attached hydrogens (tertiary/aromatic N) is 1. The lowest BCUT2D eigenvalue weighted by Crippen LogP contribution is -2.24. The highest BCUT2D eigenvalue weighted by Crippen LogP contribution is 2.41. The van der Waals surface area contributed by atoms with E-state index in [1.165, 1.54) is 13.3 Å². The van der Waals surface area contributed by atoms with Crippen molar-refractivity contribution in [1.29, 1.82) is 0 Å². The zero-order valence-electron chi connectivity index (χ0n) is 13.5. The van der Waals surface area contributed by atoms with E-state index in [1.54, 1.807) is 12.1 Å². The second-order valence-corrected chi connectivity index (χ2v) is 6.58. The van der Waals surface area contributed by atoms with E-state index in [0.717, 1.165) is 5.56 Å². The highest BCUT2D eigenvalue weighted by molar-refractivity contribution is 9.13. The second kappa shape index (κ2) is 8.87. The summed E-state index contributed by atoms with van der Waals surface area (Å²) in [6.45, 7) is 1.75. The van der Waals surface area contributed by atoms with Gasteiger partial charge in [0.15, 0.2) is 18.1 Å². The number of para-hydroxylation sites is 1. The number of carbonyl (C=O) groups excluding carboxylic acids is 1. The van der Waals surface area contributed by atoms with Gasteiger partial charge < -0.3 is 14.6 Å². The summed E-state index contributed by atoms with van der Waals surface area (Å²) in [4.78, 5) is 11.8. The van der Waals surface area contributed by atoms with Gasteiger partial charge in [0.2, 0.25) is 0 Å². The molecule has 0 fully saturated rings. The fourth-order valence-corrected chi connectivity index (χ4v) is 2.76. The number of halogens is 2. The van der Waals surface area contributed by atoms with Gasteiger partial charge in [-0.05, 0) is 56.5 Å². The van der Waals surface area contributed by atoms with Crippen LogP contribution in [0, 0.1) is 6.92 Å². The Morgan fingerprint density at radius 2 is 2.00 bits per heavy atom. The van der Waals surface area contributed by atoms with Crippen LogP contribution >= 0.6 is 31.9 Å². The van der Waals surface area contributed by atoms with Gasteiger partial charge in [0, 0.05) is 10.0 Å². The Balaban J connectivity index is 1.98. The van der Waals surface area contributed by atoms with Crippen LogP contribution in [-0.4, -0.2) is 30.9 Å². The fraction of sp³-hybridized carbons (Fsp3) is 0.176. The van der Waals surface area contributed by atoms with Crippen molar-refractivity contribution < 1.29 is 19.4 Å². The van der Waals surface area contributed by atoms with Crippen molar-refractivity contribution in [3.05, 3.63) is 50.4 Å². The minimum absolute atomic E-state index is 0.0257. The predicted octanol–water partition coefficient (Wildman–Crippen LogP) is 3.76. The molecule has 0 atom stereocenters. The number of methoxy groups -OCH3 is 1. The predicted molar refractivity (Wildman–Crippen MR) is 102 cm³/mol. The van der Waals surface area contributed by atoms with Crippen molar-refractivity contribution in [2.75, 3.05) is 13.7 Å². The number of rotatable bonds is 6. The van der Waals surface area contributed by atoms with E-state index in [2.05, 4.69) is 42.4 Å². The van der Waals surface area contributed by atoms with Crippen LogP contribution in [0.25, 0.3) is 0 Å². The maximum absolute atomic E-state index is 11.8. The van der Waals surface area contributed by atoms with Crippen molar-refractivity contribution in [3.63, 3.8) is 0 Å². The quantitative estimate of drug-likeness (QED) is 0.496. The number of hydrazone groups is 1. The van der Waals surface area contributed by atoms with Crippen molar-refractivity contribution in [2.24, 2.45) is 5.10 Å². The van der Waals surface area contributed by atoms with Crippen LogP contribution in [0.2, 0.25) is 0 Å². The standard InChI is InChI=1S/C17H16Br2N2O4/c1-10-5-3-4-6-12(10)25-9-14(22)21-20-8-11-7-13(24-2)17(23)16(19)15(11)18/h3-8,23H,9H2,1-2H3,(H,21,22)/b20-8-. The van der Waals surface area contributed by atoms with E-state index in [1.807, 2.05) is 25.1 Å². The summed E-state index contributed by atoms with van der Waals surface area (Å²) in [5.41, 5.74) is 3.95. The third kappa shape index (κ3) is 4.96. The first-order valence-corrected chi connectivity index (χ1v) is 8.78. The molecular weight excluding hydrogens is 456 g/mol. The number of aromatic hydroxyl groups is 1. The third-order valence-electron chi connectivity index (χ3n) is 3.24. The lowest BCUT2D eigenvalue weighted by Gasteiger charge is -2.09. The normalized spacial score (nSPS) is 10.7. The molecule has 0 aromatic heterocycles. The highest BCUT2D eigenvalue weighted by atomic mass is 79.9. The van der Waals surface area contributed by atoms with Gasteiger partial charge in [-0.15, -0.1) is 0 Å². The van der Waals surface area contributed by atoms with Gasteiger partial charge in [0.25, 0.3) is 5.91 Å². The molecule has 2 rings (SSSR count). The number of nitrogens with one attached hydrogen (secondary N) is 1. The molecular formula is C17H16Br2N2O4. The average molecular weight is 472 g/mol. The number of benzene rings is 2. The Bertz CT molecular complexity index is 809. The molecule has 0 heterocycles. The lowest BCUT2D eigenvalue weighted by atomic mass is 10.2. The molecule has 2 N–H and O–H groups in total. The molecule has 6 nitrogen and oxygen atoms in total. The van der Waals surface area contributed by atoms with Crippen molar-refractivity contribution in [2.45, 2.75) is 6.92 Å². The van der Waals surface area contributed by atoms with Gasteiger partial charge in [-0.3, -0.25) is 4.79 Å². The molecule has 0 unspecified atom stereocenters. The SMILES string of the molecule is COc1cc(/C=N\NC(=O)COc2ccccc2C)c(Br)c(Br)c1O. The average Bonchev–Trinajstić information content (AvgIpc) is 2.61. The minimum atomic E-state index is -0.388. The van der Waals surface area contributed by atoms with E-state index >= 15 is 0 Å². The zero-order valence-corrected chi connectivity index (χ0v) is 16.7. The molecule has 0 aliphatic carbocycles. The van der Waals surface area contributed by atoms with Crippen LogP contribution in [0.15, 0.2) is 44.4 Å². The summed E-state index contributed by atoms with van der Waals surface area (Å²) in [6, 6.07) is 9.02. The molecule has 0 bridgehead atoms. The minimum Gasteiger partial charge on any atom is -0.503 e. The summed E-state index contributed by atoms with van der Waals surface area (Å²) in [6.07, 6.45) is 1.43. The summed E-state index contributed by atoms with van der Waals surface area (Å²) in [7, 11) is 1.45. The van der Waals surface area contributed by atoms with Gasteiger partial charge in [-0.2, -0.15) is 5.10 Å². The Hall–Kier alpha value is -2.06. The Morgan fingerprint density at radius 3 is 2.68 bits per heavy atom. The largest absolute Gasteiger partial charge is 0.503 e. The van der Waals surface area contributed by atoms with Crippen LogP contribution in [-0.2, 0) is 4.79 Å². The van der Waals surface area contributed by atoms with E-state index in [-0.39, 0.29) is 24.0 Å². The molecule has 2 aromatic carbocycles. The smallest absolute Gasteiger partial charge is 0.277 e. The molecule has 0 spiro atoms. The number of ether oxygens (including phenoxy) is 2. The van der Waals surface area contributed by atoms with Crippen LogP contribution < -0.4 is 14.9 Å². The molecule has 0 aliphatic rings. The van der Waals surface area contributed by atoms with Gasteiger partial charge in [-0.1, -0.05) is 18.2 Å². The van der Waals surface area contributed by atoms with E-state index in [4.69, 9.17) is 9.47 Å². The Labute approximate surface area is 162 Å². The number of phenols is 1. The van der Waals surface area contributed by atoms with Gasteiger partial charge in [0.05, 0.1) is 17.8 Å². The van der Waals surface area contributed by atoms with E-state index in [9.17, 15) is 9.90 Å². The zero-order chi connectivity index (χ0) is 18.4. The maximum Gasteiger partial charge on any atom is 0.277 e. The van der Waals surface area contributed by atoms with E-state index < -0.39 is 0 Å². The molecule has 8 heteroatoms. The molecule has 1 amide bonds. The van der Waals surface area contributed by atoms with Crippen molar-refractivity contribution in [1.82, 2.24) is 5.43 Å². The summed E-state index contributed by atoms with van der Waals surface area (Å²) in [5.74, 6) is 0.518. The molecule has 0 radical (unpaired) electrons. The van der Waals surface area contributed by atoms with Gasteiger partial charge in [-0.25, -0.2) is 5.43 Å². The molecule has 0 aliphatic heterocycles. The van der Waals surface area contributed by atoms with Crippen LogP contribution in [0.5, 0.6) is 17.2 Å². The molecule has 0 saturated heterocycles. The number of aryl methyl sites for hydroxylation is 1. The maximum atomic E-state index is 11.8. The van der Waals surface area contributed by atoms with Crippen molar-refractivity contribution >= 4 is 44.0 Å². The molecule has 25 heavy (non-hydrogen) atoms. The molecule has 132 valence electrons. The second-order valence-electron chi connectivity index (χ2n) is 4.99. The number of hydrogen-bond donors (Lipinski definition) is 2. The molecule has 2 aromatic rings. The molecule has 0 saturated carbocycles. The Morgan fingerprint density at radius 1 is 1.28 bits per heavy atom. The van der Waals surface area contributed by atoms with Crippen molar-refractivity contribution in [3.8, 4) is 17.2 Å². The highest BCUT2D eigenvalue weighted by Gasteiger charge is 2.13. The first-order valence-electron chi connectivity index (χ1n) is 7.19. The van der Waals surface area contributed by atoms with Crippen LogP contribution in [0.3, 0.4) is 0 Å². The first-order chi connectivity index (χ1) is 11.9. The number of carbonyl (C=O) groups is 1. The summed E-state index contributed by atoms with van der Waals surface area (Å²) >= 11 is 6.59. The number of amides is 1. The summed E-state index contributed by atoms with van der Waals surface area (Å²) in [5, 5.41) is 13.8. The Kier molecular flexibility index (Phi) is 6.83. The first kappa shape index (κ1) is 19.3. The fourth-order valence-electron chi connectivity index (χ4n) is 1.93. The van der Waals surface area contributed by atoms with Crippen LogP contribution in [0.4, 0.5) is 0 Å². The monoisotopic (exact) mass is 470 g/mol. The van der Waals surface area contributed by atoms with Gasteiger partial charge >= 0.3 is 0 Å². The topological polar surface area (TPSA) is 80.2 Å². The number of phenolic OH excluding ortho intramolecular Hbond substituents is 1. The summed E-state index contributed by atoms with van der Waals surface area (Å²) < 4.78 is 11.5. The van der Waals surface area contributed by atoms with E-state index in [0.29, 0.717) is 20.3 Å².